The number of carbonyl (C=O) groups is 2. The van der Waals surface area contributed by atoms with Crippen LogP contribution in [0.4, 0.5) is 0 Å². The highest BCUT2D eigenvalue weighted by Gasteiger charge is 2.15. The summed E-state index contributed by atoms with van der Waals surface area (Å²) in [6.45, 7) is 6.84. The third-order valence-electron chi connectivity index (χ3n) is 2.06. The molecule has 0 rings (SSSR count). The summed E-state index contributed by atoms with van der Waals surface area (Å²) in [5.41, 5.74) is 0. The Morgan fingerprint density at radius 3 is 2.44 bits per heavy atom. The zero-order valence-corrected chi connectivity index (χ0v) is 10.3. The molecule has 0 heterocycles. The van der Waals surface area contributed by atoms with Crippen molar-refractivity contribution in [1.29, 1.82) is 0 Å². The van der Waals surface area contributed by atoms with Crippen molar-refractivity contribution in [2.24, 2.45) is 0 Å². The van der Waals surface area contributed by atoms with Crippen LogP contribution in [-0.2, 0) is 9.59 Å². The van der Waals surface area contributed by atoms with E-state index in [1.807, 2.05) is 20.8 Å². The predicted molar refractivity (Wildman–Crippen MR) is 62.3 cm³/mol. The maximum Gasteiger partial charge on any atom is 0.323 e. The van der Waals surface area contributed by atoms with Crippen molar-refractivity contribution in [3.8, 4) is 0 Å². The zero-order chi connectivity index (χ0) is 12.6. The Morgan fingerprint density at radius 2 is 2.00 bits per heavy atom. The molecule has 0 unspecified atom stereocenters. The molecule has 0 aliphatic carbocycles. The molecule has 0 aliphatic heterocycles. The highest BCUT2D eigenvalue weighted by atomic mass is 16.4. The average molecular weight is 230 g/mol. The molecule has 0 radical (unpaired) electrons. The van der Waals surface area contributed by atoms with Crippen molar-refractivity contribution in [3.63, 3.8) is 0 Å². The second kappa shape index (κ2) is 8.10. The number of carboxylic acid groups (broad SMARTS) is 1. The third kappa shape index (κ3) is 7.23. The van der Waals surface area contributed by atoms with Crippen molar-refractivity contribution in [2.45, 2.75) is 39.7 Å². The van der Waals surface area contributed by atoms with E-state index in [9.17, 15) is 9.59 Å². The van der Waals surface area contributed by atoms with Crippen LogP contribution in [0.2, 0.25) is 0 Å². The maximum absolute atomic E-state index is 11.7. The molecular formula is C11H22N2O3. The lowest BCUT2D eigenvalue weighted by molar-refractivity contribution is -0.144. The van der Waals surface area contributed by atoms with Crippen molar-refractivity contribution < 1.29 is 14.7 Å². The van der Waals surface area contributed by atoms with E-state index in [-0.39, 0.29) is 12.5 Å². The molecule has 1 amide bonds. The van der Waals surface area contributed by atoms with Crippen LogP contribution in [0.15, 0.2) is 0 Å². The van der Waals surface area contributed by atoms with Crippen LogP contribution in [0.1, 0.15) is 33.6 Å². The van der Waals surface area contributed by atoms with E-state index in [2.05, 4.69) is 5.32 Å². The Kier molecular flexibility index (Phi) is 7.54. The Hall–Kier alpha value is -1.10. The summed E-state index contributed by atoms with van der Waals surface area (Å²) >= 11 is 0. The number of nitrogens with zero attached hydrogens (tertiary/aromatic N) is 1. The highest BCUT2D eigenvalue weighted by Crippen LogP contribution is 1.96. The van der Waals surface area contributed by atoms with Gasteiger partial charge in [-0.25, -0.2) is 0 Å². The van der Waals surface area contributed by atoms with Gasteiger partial charge in [0.2, 0.25) is 5.91 Å². The smallest absolute Gasteiger partial charge is 0.323 e. The summed E-state index contributed by atoms with van der Waals surface area (Å²) in [7, 11) is 0. The normalized spacial score (nSPS) is 10.5. The molecule has 0 aromatic rings. The van der Waals surface area contributed by atoms with Crippen LogP contribution >= 0.6 is 0 Å². The van der Waals surface area contributed by atoms with Gasteiger partial charge in [-0.1, -0.05) is 20.8 Å². The SMILES string of the molecule is CCCN(CC(=O)O)C(=O)CCNC(C)C. The summed E-state index contributed by atoms with van der Waals surface area (Å²) in [4.78, 5) is 23.6. The fourth-order valence-electron chi connectivity index (χ4n) is 1.35. The molecule has 0 spiro atoms. The molecule has 0 saturated carbocycles. The molecule has 2 N–H and O–H groups in total. The van der Waals surface area contributed by atoms with Crippen LogP contribution in [0.25, 0.3) is 0 Å². The summed E-state index contributed by atoms with van der Waals surface area (Å²) in [6, 6.07) is 0.340. The molecule has 0 saturated heterocycles. The molecule has 0 bridgehead atoms. The minimum atomic E-state index is -0.960. The average Bonchev–Trinajstić information content (AvgIpc) is 2.15. The molecular weight excluding hydrogens is 208 g/mol. The molecule has 16 heavy (non-hydrogen) atoms. The highest BCUT2D eigenvalue weighted by molar-refractivity contribution is 5.81. The quantitative estimate of drug-likeness (QED) is 0.644. The first-order chi connectivity index (χ1) is 7.47. The van der Waals surface area contributed by atoms with Gasteiger partial charge in [-0.05, 0) is 6.42 Å². The van der Waals surface area contributed by atoms with Crippen LogP contribution in [0.3, 0.4) is 0 Å². The molecule has 5 heteroatoms. The number of rotatable bonds is 8. The van der Waals surface area contributed by atoms with Gasteiger partial charge >= 0.3 is 5.97 Å². The fraction of sp³-hybridized carbons (Fsp3) is 0.818. The van der Waals surface area contributed by atoms with Crippen molar-refractivity contribution in [1.82, 2.24) is 10.2 Å². The van der Waals surface area contributed by atoms with Gasteiger partial charge in [-0.3, -0.25) is 9.59 Å². The van der Waals surface area contributed by atoms with Crippen molar-refractivity contribution in [3.05, 3.63) is 0 Å². The number of hydrogen-bond donors (Lipinski definition) is 2. The number of aliphatic carboxylic acids is 1. The summed E-state index contributed by atoms with van der Waals surface area (Å²) in [5.74, 6) is -1.06. The Bertz CT molecular complexity index is 229. The van der Waals surface area contributed by atoms with Crippen molar-refractivity contribution >= 4 is 11.9 Å². The van der Waals surface area contributed by atoms with E-state index in [1.165, 1.54) is 4.90 Å². The summed E-state index contributed by atoms with van der Waals surface area (Å²) in [5, 5.41) is 11.8. The van der Waals surface area contributed by atoms with Gasteiger partial charge in [-0.15, -0.1) is 0 Å². The van der Waals surface area contributed by atoms with Crippen LogP contribution in [0, 0.1) is 0 Å². The predicted octanol–water partition coefficient (Wildman–Crippen LogP) is 0.698. The zero-order valence-electron chi connectivity index (χ0n) is 10.3. The second-order valence-electron chi connectivity index (χ2n) is 4.07. The van der Waals surface area contributed by atoms with Gasteiger partial charge in [-0.2, -0.15) is 0 Å². The lowest BCUT2D eigenvalue weighted by Crippen LogP contribution is -2.38. The van der Waals surface area contributed by atoms with Gasteiger partial charge in [0.15, 0.2) is 0 Å². The molecule has 5 nitrogen and oxygen atoms in total. The standard InChI is InChI=1S/C11H22N2O3/c1-4-7-13(8-11(15)16)10(14)5-6-12-9(2)3/h9,12H,4-8H2,1-3H3,(H,15,16). The van der Waals surface area contributed by atoms with Crippen LogP contribution in [0.5, 0.6) is 0 Å². The van der Waals surface area contributed by atoms with E-state index in [0.29, 0.717) is 25.6 Å². The minimum Gasteiger partial charge on any atom is -0.480 e. The van der Waals surface area contributed by atoms with E-state index < -0.39 is 5.97 Å². The molecule has 0 aromatic heterocycles. The lowest BCUT2D eigenvalue weighted by Gasteiger charge is -2.20. The molecule has 94 valence electrons. The largest absolute Gasteiger partial charge is 0.480 e. The van der Waals surface area contributed by atoms with E-state index in [4.69, 9.17) is 5.11 Å². The maximum atomic E-state index is 11.7. The molecule has 0 atom stereocenters. The van der Waals surface area contributed by atoms with Gasteiger partial charge in [0.1, 0.15) is 6.54 Å². The minimum absolute atomic E-state index is 0.0996. The Morgan fingerprint density at radius 1 is 1.38 bits per heavy atom. The first-order valence-corrected chi connectivity index (χ1v) is 5.70. The topological polar surface area (TPSA) is 69.6 Å². The lowest BCUT2D eigenvalue weighted by atomic mass is 10.3. The molecule has 0 fully saturated rings. The summed E-state index contributed by atoms with van der Waals surface area (Å²) < 4.78 is 0. The van der Waals surface area contributed by atoms with Gasteiger partial charge < -0.3 is 15.3 Å². The van der Waals surface area contributed by atoms with E-state index >= 15 is 0 Å². The molecule has 0 aromatic carbocycles. The monoisotopic (exact) mass is 230 g/mol. The number of amides is 1. The Balaban J connectivity index is 4.01. The number of nitrogens with one attached hydrogen (secondary N) is 1. The number of carbonyl (C=O) groups excluding carboxylic acids is 1. The fourth-order valence-corrected chi connectivity index (χ4v) is 1.35. The van der Waals surface area contributed by atoms with E-state index in [0.717, 1.165) is 6.42 Å². The van der Waals surface area contributed by atoms with Crippen LogP contribution < -0.4 is 5.32 Å². The van der Waals surface area contributed by atoms with Crippen LogP contribution in [-0.4, -0.2) is 47.6 Å². The number of hydrogen-bond acceptors (Lipinski definition) is 3. The van der Waals surface area contributed by atoms with E-state index in [1.54, 1.807) is 0 Å². The van der Waals surface area contributed by atoms with Gasteiger partial charge in [0.25, 0.3) is 0 Å². The first-order valence-electron chi connectivity index (χ1n) is 5.70. The molecule has 0 aliphatic rings. The summed E-state index contributed by atoms with van der Waals surface area (Å²) in [6.07, 6.45) is 1.13. The number of carboxylic acids is 1. The van der Waals surface area contributed by atoms with Gasteiger partial charge in [0.05, 0.1) is 0 Å². The van der Waals surface area contributed by atoms with Crippen molar-refractivity contribution in [2.75, 3.05) is 19.6 Å². The van der Waals surface area contributed by atoms with Gasteiger partial charge in [0, 0.05) is 25.6 Å². The second-order valence-corrected chi connectivity index (χ2v) is 4.07. The first kappa shape index (κ1) is 14.9. The third-order valence-corrected chi connectivity index (χ3v) is 2.06. The Labute approximate surface area is 96.8 Å².